The van der Waals surface area contributed by atoms with E-state index in [1.54, 1.807) is 18.2 Å². The van der Waals surface area contributed by atoms with Crippen LogP contribution in [0.3, 0.4) is 0 Å². The molecule has 0 bridgehead atoms. The molecule has 1 aromatic carbocycles. The zero-order valence-corrected chi connectivity index (χ0v) is 10.8. The average Bonchev–Trinajstić information content (AvgIpc) is 2.32. The van der Waals surface area contributed by atoms with Gasteiger partial charge in [0.25, 0.3) is 0 Å². The number of ketones is 1. The summed E-state index contributed by atoms with van der Waals surface area (Å²) in [6.45, 7) is 5.62. The Kier molecular flexibility index (Phi) is 3.11. The average molecular weight is 247 g/mol. The van der Waals surface area contributed by atoms with Crippen LogP contribution in [0.25, 0.3) is 0 Å². The number of amides is 1. The Balaban J connectivity index is 2.15. The zero-order chi connectivity index (χ0) is 13.3. The molecule has 96 valence electrons. The summed E-state index contributed by atoms with van der Waals surface area (Å²) in [6, 6.07) is 6.49. The third-order valence-corrected chi connectivity index (χ3v) is 2.86. The van der Waals surface area contributed by atoms with Gasteiger partial charge in [-0.05, 0) is 12.1 Å². The fraction of sp³-hybridized carbons (Fsp3) is 0.429. The standard InChI is InChI=1S/C14H17NO3/c1-14(2,3)13(17)15-10-8-18-11-7-5-4-6-9(11)12(10)16/h4-7,10H,8H2,1-3H3,(H,15,17). The fourth-order valence-corrected chi connectivity index (χ4v) is 1.71. The van der Waals surface area contributed by atoms with Gasteiger partial charge in [-0.2, -0.15) is 0 Å². The van der Waals surface area contributed by atoms with Gasteiger partial charge in [-0.25, -0.2) is 0 Å². The van der Waals surface area contributed by atoms with Crippen LogP contribution in [0.4, 0.5) is 0 Å². The van der Waals surface area contributed by atoms with Crippen molar-refractivity contribution in [3.05, 3.63) is 29.8 Å². The quantitative estimate of drug-likeness (QED) is 0.823. The summed E-state index contributed by atoms with van der Waals surface area (Å²) in [7, 11) is 0. The van der Waals surface area contributed by atoms with E-state index >= 15 is 0 Å². The van der Waals surface area contributed by atoms with Crippen molar-refractivity contribution in [2.75, 3.05) is 6.61 Å². The number of carbonyl (C=O) groups excluding carboxylic acids is 2. The molecule has 0 radical (unpaired) electrons. The first-order valence-electron chi connectivity index (χ1n) is 5.96. The van der Waals surface area contributed by atoms with Gasteiger partial charge in [0.1, 0.15) is 18.4 Å². The SMILES string of the molecule is CC(C)(C)C(=O)NC1COc2ccccc2C1=O. The van der Waals surface area contributed by atoms with E-state index in [0.29, 0.717) is 11.3 Å². The van der Waals surface area contributed by atoms with E-state index in [0.717, 1.165) is 0 Å². The van der Waals surface area contributed by atoms with E-state index in [1.807, 2.05) is 26.8 Å². The predicted molar refractivity (Wildman–Crippen MR) is 67.7 cm³/mol. The molecule has 0 fully saturated rings. The first-order valence-corrected chi connectivity index (χ1v) is 5.96. The second kappa shape index (κ2) is 4.44. The number of nitrogens with one attached hydrogen (secondary N) is 1. The largest absolute Gasteiger partial charge is 0.490 e. The highest BCUT2D eigenvalue weighted by molar-refractivity contribution is 6.05. The van der Waals surface area contributed by atoms with Crippen LogP contribution in [-0.4, -0.2) is 24.3 Å². The first kappa shape index (κ1) is 12.6. The Labute approximate surface area is 106 Å². The Bertz CT molecular complexity index is 488. The van der Waals surface area contributed by atoms with E-state index in [-0.39, 0.29) is 18.3 Å². The highest BCUT2D eigenvalue weighted by Gasteiger charge is 2.32. The van der Waals surface area contributed by atoms with Gasteiger partial charge >= 0.3 is 0 Å². The van der Waals surface area contributed by atoms with Crippen LogP contribution in [0, 0.1) is 5.41 Å². The second-order valence-corrected chi connectivity index (χ2v) is 5.45. The number of benzene rings is 1. The molecule has 0 saturated carbocycles. The summed E-state index contributed by atoms with van der Waals surface area (Å²) in [5, 5.41) is 2.74. The van der Waals surface area contributed by atoms with E-state index in [1.165, 1.54) is 0 Å². The maximum atomic E-state index is 12.2. The molecule has 1 unspecified atom stereocenters. The lowest BCUT2D eigenvalue weighted by molar-refractivity contribution is -0.129. The highest BCUT2D eigenvalue weighted by Crippen LogP contribution is 2.24. The van der Waals surface area contributed by atoms with Crippen molar-refractivity contribution in [1.82, 2.24) is 5.32 Å². The normalized spacial score (nSPS) is 18.8. The molecule has 18 heavy (non-hydrogen) atoms. The lowest BCUT2D eigenvalue weighted by Crippen LogP contribution is -2.50. The minimum Gasteiger partial charge on any atom is -0.490 e. The van der Waals surface area contributed by atoms with Crippen LogP contribution in [0.5, 0.6) is 5.75 Å². The van der Waals surface area contributed by atoms with Gasteiger partial charge < -0.3 is 10.1 Å². The summed E-state index contributed by atoms with van der Waals surface area (Å²) < 4.78 is 5.48. The van der Waals surface area contributed by atoms with Crippen LogP contribution in [-0.2, 0) is 4.79 Å². The van der Waals surface area contributed by atoms with Gasteiger partial charge in [0.2, 0.25) is 5.91 Å². The third kappa shape index (κ3) is 2.37. The van der Waals surface area contributed by atoms with Gasteiger partial charge in [0, 0.05) is 5.41 Å². The Morgan fingerprint density at radius 1 is 1.33 bits per heavy atom. The molecule has 0 saturated heterocycles. The summed E-state index contributed by atoms with van der Waals surface area (Å²) in [6.07, 6.45) is 0. The molecule has 1 heterocycles. The Morgan fingerprint density at radius 2 is 2.00 bits per heavy atom. The fourth-order valence-electron chi connectivity index (χ4n) is 1.71. The van der Waals surface area contributed by atoms with E-state index in [9.17, 15) is 9.59 Å². The van der Waals surface area contributed by atoms with Gasteiger partial charge in [0.05, 0.1) is 5.56 Å². The number of fused-ring (bicyclic) bond motifs is 1. The van der Waals surface area contributed by atoms with Gasteiger partial charge in [-0.15, -0.1) is 0 Å². The maximum Gasteiger partial charge on any atom is 0.226 e. The predicted octanol–water partition coefficient (Wildman–Crippen LogP) is 1.79. The molecular formula is C14H17NO3. The van der Waals surface area contributed by atoms with E-state index < -0.39 is 11.5 Å². The topological polar surface area (TPSA) is 55.4 Å². The van der Waals surface area contributed by atoms with Crippen molar-refractivity contribution in [2.24, 2.45) is 5.41 Å². The number of hydrogen-bond donors (Lipinski definition) is 1. The molecule has 0 aromatic heterocycles. The second-order valence-electron chi connectivity index (χ2n) is 5.45. The third-order valence-electron chi connectivity index (χ3n) is 2.86. The van der Waals surface area contributed by atoms with Crippen molar-refractivity contribution >= 4 is 11.7 Å². The summed E-state index contributed by atoms with van der Waals surface area (Å²) >= 11 is 0. The molecule has 1 aromatic rings. The number of rotatable bonds is 1. The number of carbonyl (C=O) groups is 2. The number of hydrogen-bond acceptors (Lipinski definition) is 3. The van der Waals surface area contributed by atoms with Crippen LogP contribution < -0.4 is 10.1 Å². The molecule has 1 atom stereocenters. The lowest BCUT2D eigenvalue weighted by Gasteiger charge is -2.27. The van der Waals surface area contributed by atoms with Crippen molar-refractivity contribution < 1.29 is 14.3 Å². The first-order chi connectivity index (χ1) is 8.39. The Hall–Kier alpha value is -1.84. The van der Waals surface area contributed by atoms with E-state index in [4.69, 9.17) is 4.74 Å². The van der Waals surface area contributed by atoms with Crippen molar-refractivity contribution in [3.8, 4) is 5.75 Å². The van der Waals surface area contributed by atoms with Gasteiger partial charge in [-0.1, -0.05) is 32.9 Å². The minimum absolute atomic E-state index is 0.0885. The smallest absolute Gasteiger partial charge is 0.226 e. The molecule has 4 nitrogen and oxygen atoms in total. The maximum absolute atomic E-state index is 12.2. The van der Waals surface area contributed by atoms with Gasteiger partial charge in [-0.3, -0.25) is 9.59 Å². The number of para-hydroxylation sites is 1. The molecule has 2 rings (SSSR count). The van der Waals surface area contributed by atoms with Crippen LogP contribution in [0.1, 0.15) is 31.1 Å². The monoisotopic (exact) mass is 247 g/mol. The lowest BCUT2D eigenvalue weighted by atomic mass is 9.94. The van der Waals surface area contributed by atoms with Crippen molar-refractivity contribution in [2.45, 2.75) is 26.8 Å². The molecule has 0 aliphatic carbocycles. The summed E-state index contributed by atoms with van der Waals surface area (Å²) in [4.78, 5) is 24.1. The molecular weight excluding hydrogens is 230 g/mol. The number of Topliss-reactive ketones (excluding diaryl/α,β-unsaturated/α-hetero) is 1. The molecule has 1 N–H and O–H groups in total. The van der Waals surface area contributed by atoms with Crippen molar-refractivity contribution in [1.29, 1.82) is 0 Å². The molecule has 0 spiro atoms. The van der Waals surface area contributed by atoms with Crippen LogP contribution >= 0.6 is 0 Å². The zero-order valence-electron chi connectivity index (χ0n) is 10.8. The summed E-state index contributed by atoms with van der Waals surface area (Å²) in [5.41, 5.74) is 0.0139. The van der Waals surface area contributed by atoms with Crippen molar-refractivity contribution in [3.63, 3.8) is 0 Å². The van der Waals surface area contributed by atoms with E-state index in [2.05, 4.69) is 5.32 Å². The number of ether oxygens (including phenoxy) is 1. The summed E-state index contributed by atoms with van der Waals surface area (Å²) in [5.74, 6) is 0.349. The van der Waals surface area contributed by atoms with Crippen LogP contribution in [0.2, 0.25) is 0 Å². The molecule has 1 aliphatic rings. The Morgan fingerprint density at radius 3 is 2.67 bits per heavy atom. The van der Waals surface area contributed by atoms with Gasteiger partial charge in [0.15, 0.2) is 5.78 Å². The molecule has 1 aliphatic heterocycles. The minimum atomic E-state index is -0.591. The molecule has 1 amide bonds. The van der Waals surface area contributed by atoms with Crippen LogP contribution in [0.15, 0.2) is 24.3 Å². The highest BCUT2D eigenvalue weighted by atomic mass is 16.5. The molecule has 4 heteroatoms.